The van der Waals surface area contributed by atoms with E-state index in [0.717, 1.165) is 5.56 Å². The molecule has 2 aromatic rings. The van der Waals surface area contributed by atoms with Crippen molar-refractivity contribution in [1.82, 2.24) is 5.16 Å². The van der Waals surface area contributed by atoms with Crippen molar-refractivity contribution < 1.29 is 13.7 Å². The van der Waals surface area contributed by atoms with Crippen molar-refractivity contribution in [2.75, 3.05) is 12.8 Å². The van der Waals surface area contributed by atoms with E-state index in [1.807, 2.05) is 0 Å². The summed E-state index contributed by atoms with van der Waals surface area (Å²) in [5.74, 6) is 0.995. The highest BCUT2D eigenvalue weighted by atomic mass is 19.1. The van der Waals surface area contributed by atoms with Gasteiger partial charge in [-0.05, 0) is 24.5 Å². The third-order valence-corrected chi connectivity index (χ3v) is 2.85. The van der Waals surface area contributed by atoms with E-state index in [0.29, 0.717) is 29.7 Å². The molecule has 0 fully saturated rings. The number of ether oxygens (including phenoxy) is 1. The van der Waals surface area contributed by atoms with Gasteiger partial charge in [0.25, 0.3) is 0 Å². The fourth-order valence-electron chi connectivity index (χ4n) is 2.02. The van der Waals surface area contributed by atoms with E-state index in [-0.39, 0.29) is 5.56 Å². The van der Waals surface area contributed by atoms with Crippen molar-refractivity contribution in [3.63, 3.8) is 0 Å². The minimum absolute atomic E-state index is 0.268. The Morgan fingerprint density at radius 3 is 2.79 bits per heavy atom. The largest absolute Gasteiger partial charge is 0.496 e. The first-order chi connectivity index (χ1) is 9.04. The van der Waals surface area contributed by atoms with Crippen LogP contribution in [0.2, 0.25) is 0 Å². The average Bonchev–Trinajstić information content (AvgIpc) is 2.70. The van der Waals surface area contributed by atoms with Crippen molar-refractivity contribution in [1.29, 1.82) is 0 Å². The molecule has 0 spiro atoms. The zero-order valence-corrected chi connectivity index (χ0v) is 11.2. The van der Waals surface area contributed by atoms with Gasteiger partial charge < -0.3 is 15.0 Å². The molecule has 5 heteroatoms. The zero-order valence-electron chi connectivity index (χ0n) is 11.2. The number of methoxy groups -OCH3 is 1. The summed E-state index contributed by atoms with van der Waals surface area (Å²) in [5, 5.41) is 3.74. The molecule has 0 radical (unpaired) electrons. The first-order valence-electron chi connectivity index (χ1n) is 6.11. The molecule has 0 bridgehead atoms. The maximum atomic E-state index is 14.0. The van der Waals surface area contributed by atoms with E-state index >= 15 is 0 Å². The van der Waals surface area contributed by atoms with Gasteiger partial charge in [-0.3, -0.25) is 0 Å². The van der Waals surface area contributed by atoms with Gasteiger partial charge in [0.15, 0.2) is 11.6 Å². The normalized spacial score (nSPS) is 11.0. The maximum absolute atomic E-state index is 14.0. The molecule has 102 valence electrons. The lowest BCUT2D eigenvalue weighted by molar-refractivity contribution is 0.402. The second-order valence-corrected chi connectivity index (χ2v) is 4.79. The number of aromatic nitrogens is 1. The SMILES string of the molecule is COc1cccc(F)c1-c1onc(N)c1CC(C)C. The van der Waals surface area contributed by atoms with Gasteiger partial charge in [0, 0.05) is 5.56 Å². The topological polar surface area (TPSA) is 61.3 Å². The van der Waals surface area contributed by atoms with Gasteiger partial charge in [0.1, 0.15) is 11.6 Å². The van der Waals surface area contributed by atoms with Crippen molar-refractivity contribution in [3.8, 4) is 17.1 Å². The molecule has 0 aliphatic carbocycles. The highest BCUT2D eigenvalue weighted by Crippen LogP contribution is 2.37. The Balaban J connectivity index is 2.59. The summed E-state index contributed by atoms with van der Waals surface area (Å²) >= 11 is 0. The lowest BCUT2D eigenvalue weighted by Gasteiger charge is -2.09. The summed E-state index contributed by atoms with van der Waals surface area (Å²) in [7, 11) is 1.49. The number of rotatable bonds is 4. The predicted octanol–water partition coefficient (Wildman–Crippen LogP) is 3.27. The van der Waals surface area contributed by atoms with Crippen molar-refractivity contribution in [2.24, 2.45) is 5.92 Å². The molecule has 2 N–H and O–H groups in total. The Labute approximate surface area is 111 Å². The maximum Gasteiger partial charge on any atom is 0.178 e. The van der Waals surface area contributed by atoms with Crippen LogP contribution in [0.1, 0.15) is 19.4 Å². The molecule has 1 aromatic heterocycles. The van der Waals surface area contributed by atoms with E-state index in [1.54, 1.807) is 12.1 Å². The molecule has 1 aromatic carbocycles. The Bertz CT molecular complexity index is 579. The smallest absolute Gasteiger partial charge is 0.178 e. The lowest BCUT2D eigenvalue weighted by atomic mass is 9.99. The van der Waals surface area contributed by atoms with E-state index in [4.69, 9.17) is 15.0 Å². The van der Waals surface area contributed by atoms with E-state index < -0.39 is 5.82 Å². The molecule has 4 nitrogen and oxygen atoms in total. The minimum Gasteiger partial charge on any atom is -0.496 e. The summed E-state index contributed by atoms with van der Waals surface area (Å²) in [6.45, 7) is 4.10. The molecule has 0 unspecified atom stereocenters. The molecule has 0 atom stereocenters. The number of hydrogen-bond donors (Lipinski definition) is 1. The van der Waals surface area contributed by atoms with Gasteiger partial charge in [0.2, 0.25) is 0 Å². The highest BCUT2D eigenvalue weighted by Gasteiger charge is 2.22. The summed E-state index contributed by atoms with van der Waals surface area (Å²) in [6, 6.07) is 4.62. The quantitative estimate of drug-likeness (QED) is 0.920. The van der Waals surface area contributed by atoms with Crippen molar-refractivity contribution >= 4 is 5.82 Å². The third-order valence-electron chi connectivity index (χ3n) is 2.85. The third kappa shape index (κ3) is 2.54. The minimum atomic E-state index is -0.416. The predicted molar refractivity (Wildman–Crippen MR) is 71.4 cm³/mol. The van der Waals surface area contributed by atoms with E-state index in [2.05, 4.69) is 19.0 Å². The molecular formula is C14H17FN2O2. The lowest BCUT2D eigenvalue weighted by Crippen LogP contribution is -2.00. The number of halogens is 1. The van der Waals surface area contributed by atoms with Gasteiger partial charge in [-0.15, -0.1) is 0 Å². The standard InChI is InChI=1S/C14H17FN2O2/c1-8(2)7-9-13(19-17-14(9)16)12-10(15)5-4-6-11(12)18-3/h4-6,8H,7H2,1-3H3,(H2,16,17). The Morgan fingerprint density at radius 1 is 1.42 bits per heavy atom. The van der Waals surface area contributed by atoms with Crippen LogP contribution >= 0.6 is 0 Å². The molecule has 0 amide bonds. The molecule has 0 saturated carbocycles. The van der Waals surface area contributed by atoms with Gasteiger partial charge in [0.05, 0.1) is 12.7 Å². The summed E-state index contributed by atoms with van der Waals surface area (Å²) < 4.78 is 24.4. The summed E-state index contributed by atoms with van der Waals surface area (Å²) in [4.78, 5) is 0. The second kappa shape index (κ2) is 5.30. The fraction of sp³-hybridized carbons (Fsp3) is 0.357. The number of anilines is 1. The van der Waals surface area contributed by atoms with Crippen LogP contribution in [0.15, 0.2) is 22.7 Å². The van der Waals surface area contributed by atoms with E-state index in [9.17, 15) is 4.39 Å². The number of nitrogen functional groups attached to an aromatic ring is 1. The Kier molecular flexibility index (Phi) is 3.74. The van der Waals surface area contributed by atoms with Crippen LogP contribution in [-0.4, -0.2) is 12.3 Å². The molecule has 19 heavy (non-hydrogen) atoms. The van der Waals surface area contributed by atoms with Crippen LogP contribution < -0.4 is 10.5 Å². The molecular weight excluding hydrogens is 247 g/mol. The summed E-state index contributed by atoms with van der Waals surface area (Å²) in [5.41, 5.74) is 6.79. The van der Waals surface area contributed by atoms with Crippen LogP contribution in [0.3, 0.4) is 0 Å². The molecule has 2 rings (SSSR count). The van der Waals surface area contributed by atoms with Crippen molar-refractivity contribution in [3.05, 3.63) is 29.6 Å². The Hall–Kier alpha value is -2.04. The Morgan fingerprint density at radius 2 is 2.16 bits per heavy atom. The molecule has 1 heterocycles. The van der Waals surface area contributed by atoms with Crippen molar-refractivity contribution in [2.45, 2.75) is 20.3 Å². The fourth-order valence-corrected chi connectivity index (χ4v) is 2.02. The van der Waals surface area contributed by atoms with Gasteiger partial charge in [-0.2, -0.15) is 0 Å². The van der Waals surface area contributed by atoms with Crippen LogP contribution in [0.5, 0.6) is 5.75 Å². The van der Waals surface area contributed by atoms with E-state index in [1.165, 1.54) is 13.2 Å². The number of benzene rings is 1. The average molecular weight is 264 g/mol. The zero-order chi connectivity index (χ0) is 14.0. The highest BCUT2D eigenvalue weighted by molar-refractivity contribution is 5.72. The molecule has 0 saturated heterocycles. The van der Waals surface area contributed by atoms with Crippen LogP contribution in [-0.2, 0) is 6.42 Å². The first-order valence-corrected chi connectivity index (χ1v) is 6.11. The number of hydrogen-bond acceptors (Lipinski definition) is 4. The number of nitrogens with zero attached hydrogens (tertiary/aromatic N) is 1. The first kappa shape index (κ1) is 13.4. The summed E-state index contributed by atoms with van der Waals surface area (Å²) in [6.07, 6.45) is 0.669. The monoisotopic (exact) mass is 264 g/mol. The van der Waals surface area contributed by atoms with Gasteiger partial charge in [-0.1, -0.05) is 25.1 Å². The van der Waals surface area contributed by atoms with Crippen LogP contribution in [0.25, 0.3) is 11.3 Å². The molecule has 0 aliphatic heterocycles. The molecule has 0 aliphatic rings. The number of nitrogens with two attached hydrogens (primary N) is 1. The van der Waals surface area contributed by atoms with Crippen LogP contribution in [0.4, 0.5) is 10.2 Å². The van der Waals surface area contributed by atoms with Gasteiger partial charge >= 0.3 is 0 Å². The second-order valence-electron chi connectivity index (χ2n) is 4.79. The van der Waals surface area contributed by atoms with Crippen LogP contribution in [0, 0.1) is 11.7 Å². The van der Waals surface area contributed by atoms with Gasteiger partial charge in [-0.25, -0.2) is 4.39 Å².